The Balaban J connectivity index is -0.0000000154. The van der Waals surface area contributed by atoms with Gasteiger partial charge in [0, 0.05) is 0 Å². The lowest BCUT2D eigenvalue weighted by atomic mass is 10.6. The van der Waals surface area contributed by atoms with Gasteiger partial charge in [-0.15, -0.1) is 0 Å². The van der Waals surface area contributed by atoms with Gasteiger partial charge in [0.25, 0.3) is 0 Å². The highest BCUT2D eigenvalue weighted by Crippen LogP contribution is 1.57. The molecule has 6 heteroatoms. The van der Waals surface area contributed by atoms with Crippen LogP contribution in [0.25, 0.3) is 0 Å². The molecule has 0 rings (SSSR count). The number of hydrogen-bond acceptors (Lipinski definition) is 6. The Morgan fingerprint density at radius 1 is 0.667 bits per heavy atom. The average Bonchev–Trinajstić information content (AvgIpc) is 2.71. The van der Waals surface area contributed by atoms with E-state index in [1.807, 2.05) is 95.2 Å². The molecule has 0 heterocycles. The Hall–Kier alpha value is -0.790. The van der Waals surface area contributed by atoms with Crippen LogP contribution in [-0.2, 0) is 14.7 Å². The minimum Gasteiger partial charge on any atom is -0.304 e. The summed E-state index contributed by atoms with van der Waals surface area (Å²) in [4.78, 5) is 12.3. The van der Waals surface area contributed by atoms with Crippen molar-refractivity contribution in [2.24, 2.45) is 0 Å². The monoisotopic (exact) mass is 362 g/mol. The first-order valence-electron chi connectivity index (χ1n) is 8.84. The van der Waals surface area contributed by atoms with E-state index in [0.29, 0.717) is 6.61 Å². The highest BCUT2D eigenvalue weighted by Gasteiger charge is 1.54. The topological polar surface area (TPSA) is 96.2 Å². The van der Waals surface area contributed by atoms with Gasteiger partial charge in [-0.3, -0.25) is 5.26 Å². The van der Waals surface area contributed by atoms with Crippen LogP contribution in [0.4, 0.5) is 0 Å². The van der Waals surface area contributed by atoms with Crippen molar-refractivity contribution in [2.45, 2.75) is 96.9 Å². The van der Waals surface area contributed by atoms with Gasteiger partial charge in [0.1, 0.15) is 6.29 Å². The lowest BCUT2D eigenvalue weighted by Gasteiger charge is -1.73. The zero-order valence-electron chi connectivity index (χ0n) is 19.0. The first-order chi connectivity index (χ1) is 11.7. The van der Waals surface area contributed by atoms with Crippen molar-refractivity contribution in [2.75, 3.05) is 6.61 Å². The van der Waals surface area contributed by atoms with Gasteiger partial charge in [0.2, 0.25) is 0 Å². The van der Waals surface area contributed by atoms with Crippen LogP contribution in [0.15, 0.2) is 12.2 Å². The molecular formula is C18H50O6. The van der Waals surface area contributed by atoms with Crippen LogP contribution in [0, 0.1) is 0 Å². The molecule has 0 aromatic heterocycles. The van der Waals surface area contributed by atoms with Gasteiger partial charge in [-0.05, 0) is 27.7 Å². The number of aldehydes is 1. The Labute approximate surface area is 153 Å². The van der Waals surface area contributed by atoms with E-state index in [9.17, 15) is 0 Å². The van der Waals surface area contributed by atoms with Gasteiger partial charge in [-0.2, -0.15) is 0 Å². The molecule has 3 N–H and O–H groups in total. The summed E-state index contributed by atoms with van der Waals surface area (Å²) < 4.78 is 0. The SMILES string of the molecule is CC.CC.CC.CC.CC.CC=CC.CC=O.CCOO.OOO. The standard InChI is InChI=1S/C4H8.C2H6O2.C2H4O.5C2H6.H2O3/c1-3-4-2;1-2-4-3;1-2-3;5*1-2;1-3-2/h3-4H,1-2H3;3H,2H2,1H3;2H,1H3;5*1-2H3;1-2H. The maximum atomic E-state index is 8.81. The van der Waals surface area contributed by atoms with Crippen LogP contribution in [-0.4, -0.2) is 28.7 Å². The molecule has 0 saturated heterocycles. The van der Waals surface area contributed by atoms with Crippen molar-refractivity contribution < 1.29 is 30.5 Å². The zero-order chi connectivity index (χ0) is 22.2. The predicted octanol–water partition coefficient (Wildman–Crippen LogP) is 7.36. The second kappa shape index (κ2) is 368. The van der Waals surface area contributed by atoms with Crippen LogP contribution in [0.5, 0.6) is 0 Å². The number of carbonyl (C=O) groups excluding carboxylic acids is 1. The molecule has 0 aliphatic rings. The molecule has 0 fully saturated rings. The van der Waals surface area contributed by atoms with E-state index < -0.39 is 0 Å². The lowest BCUT2D eigenvalue weighted by molar-refractivity contribution is -0.465. The van der Waals surface area contributed by atoms with Crippen molar-refractivity contribution in [3.05, 3.63) is 12.2 Å². The maximum absolute atomic E-state index is 8.81. The Morgan fingerprint density at radius 2 is 0.750 bits per heavy atom. The third kappa shape index (κ3) is 5920. The van der Waals surface area contributed by atoms with E-state index in [1.165, 1.54) is 6.92 Å². The lowest BCUT2D eigenvalue weighted by Crippen LogP contribution is -1.74. The summed E-state index contributed by atoms with van der Waals surface area (Å²) in [5, 5.41) is 22.9. The van der Waals surface area contributed by atoms with Gasteiger partial charge in [-0.1, -0.05) is 86.4 Å². The minimum atomic E-state index is 0.375. The van der Waals surface area contributed by atoms with Gasteiger partial charge >= 0.3 is 0 Å². The molecule has 0 aromatic carbocycles. The van der Waals surface area contributed by atoms with Crippen LogP contribution < -0.4 is 0 Å². The van der Waals surface area contributed by atoms with Crippen molar-refractivity contribution in [3.63, 3.8) is 0 Å². The van der Waals surface area contributed by atoms with E-state index in [-0.39, 0.29) is 0 Å². The Morgan fingerprint density at radius 3 is 0.750 bits per heavy atom. The molecule has 0 spiro atoms. The molecule has 6 nitrogen and oxygen atoms in total. The van der Waals surface area contributed by atoms with Gasteiger partial charge in [0.15, 0.2) is 0 Å². The van der Waals surface area contributed by atoms with E-state index in [4.69, 9.17) is 20.6 Å². The van der Waals surface area contributed by atoms with E-state index >= 15 is 0 Å². The molecule has 0 aliphatic carbocycles. The Kier molecular flexibility index (Phi) is 870. The molecule has 0 amide bonds. The van der Waals surface area contributed by atoms with Crippen LogP contribution in [0.2, 0.25) is 0 Å². The van der Waals surface area contributed by atoms with Gasteiger partial charge in [-0.25, -0.2) is 15.4 Å². The molecule has 0 aromatic rings. The summed E-state index contributed by atoms with van der Waals surface area (Å²) >= 11 is 0. The largest absolute Gasteiger partial charge is 0.304 e. The molecular weight excluding hydrogens is 312 g/mol. The van der Waals surface area contributed by atoms with E-state index in [1.54, 1.807) is 6.92 Å². The van der Waals surface area contributed by atoms with Crippen LogP contribution in [0.3, 0.4) is 0 Å². The summed E-state index contributed by atoms with van der Waals surface area (Å²) in [7, 11) is 0. The quantitative estimate of drug-likeness (QED) is 0.195. The first kappa shape index (κ1) is 56.7. The summed E-state index contributed by atoms with van der Waals surface area (Å²) in [6.07, 6.45) is 4.75. The third-order valence-corrected chi connectivity index (χ3v) is 0.462. The van der Waals surface area contributed by atoms with Crippen molar-refractivity contribution in [1.29, 1.82) is 0 Å². The molecule has 0 radical (unpaired) electrons. The van der Waals surface area contributed by atoms with Crippen LogP contribution >= 0.6 is 0 Å². The molecule has 0 saturated carbocycles. The van der Waals surface area contributed by atoms with E-state index in [2.05, 4.69) is 9.93 Å². The maximum Gasteiger partial charge on any atom is 0.116 e. The molecule has 24 heavy (non-hydrogen) atoms. The van der Waals surface area contributed by atoms with Gasteiger partial charge < -0.3 is 4.79 Å². The summed E-state index contributed by atoms with van der Waals surface area (Å²) in [5.74, 6) is 0. The number of carbonyl (C=O) groups is 1. The fourth-order valence-electron chi connectivity index (χ4n) is 0. The minimum absolute atomic E-state index is 0.375. The number of hydrogen-bond donors (Lipinski definition) is 3. The number of rotatable bonds is 1. The highest BCUT2D eigenvalue weighted by molar-refractivity contribution is 5.44. The Bertz CT molecular complexity index is 83.6. The average molecular weight is 363 g/mol. The normalized spacial score (nSPS) is 5.38. The zero-order valence-corrected chi connectivity index (χ0v) is 19.0. The van der Waals surface area contributed by atoms with Crippen molar-refractivity contribution in [1.82, 2.24) is 0 Å². The first-order valence-corrected chi connectivity index (χ1v) is 8.84. The summed E-state index contributed by atoms with van der Waals surface area (Å²) in [6, 6.07) is 0. The summed E-state index contributed by atoms with van der Waals surface area (Å²) in [6.45, 7) is 27.5. The van der Waals surface area contributed by atoms with Gasteiger partial charge in [0.05, 0.1) is 6.61 Å². The third-order valence-electron chi connectivity index (χ3n) is 0.462. The second-order valence-electron chi connectivity index (χ2n) is 1.40. The molecule has 0 aliphatic heterocycles. The summed E-state index contributed by atoms with van der Waals surface area (Å²) in [5.41, 5.74) is 0. The van der Waals surface area contributed by atoms with Crippen molar-refractivity contribution >= 4 is 6.29 Å². The van der Waals surface area contributed by atoms with E-state index in [0.717, 1.165) is 6.29 Å². The number of allylic oxidation sites excluding steroid dienone is 2. The van der Waals surface area contributed by atoms with Crippen molar-refractivity contribution in [3.8, 4) is 0 Å². The molecule has 0 bridgehead atoms. The van der Waals surface area contributed by atoms with Crippen LogP contribution in [0.1, 0.15) is 96.9 Å². The highest BCUT2D eigenvalue weighted by atomic mass is 17.4. The smallest absolute Gasteiger partial charge is 0.116 e. The fraction of sp³-hybridized carbons (Fsp3) is 0.833. The molecule has 158 valence electrons. The molecule has 0 atom stereocenters. The fourth-order valence-corrected chi connectivity index (χ4v) is 0. The molecule has 0 unspecified atom stereocenters. The predicted molar refractivity (Wildman–Crippen MR) is 110 cm³/mol. The second-order valence-corrected chi connectivity index (χ2v) is 1.40.